The number of hydrogen-bond acceptors (Lipinski definition) is 3. The van der Waals surface area contributed by atoms with Crippen molar-refractivity contribution in [3.8, 4) is 0 Å². The normalized spacial score (nSPS) is 9.78. The van der Waals surface area contributed by atoms with Crippen LogP contribution < -0.4 is 0 Å². The smallest absolute Gasteiger partial charge is 0.0372 e. The highest BCUT2D eigenvalue weighted by Gasteiger charge is 1.96. The molecule has 0 aliphatic carbocycles. The predicted molar refractivity (Wildman–Crippen MR) is 115 cm³/mol. The molecule has 144 valence electrons. The summed E-state index contributed by atoms with van der Waals surface area (Å²) in [6, 6.07) is 12.4. The van der Waals surface area contributed by atoms with Gasteiger partial charge < -0.3 is 0 Å². The summed E-state index contributed by atoms with van der Waals surface area (Å²) in [7, 11) is 0. The highest BCUT2D eigenvalue weighted by Crippen LogP contribution is 2.11. The fourth-order valence-electron chi connectivity index (χ4n) is 2.07. The Morgan fingerprint density at radius 2 is 1.19 bits per heavy atom. The van der Waals surface area contributed by atoms with E-state index >= 15 is 0 Å². The van der Waals surface area contributed by atoms with Gasteiger partial charge in [0.15, 0.2) is 0 Å². The minimum atomic E-state index is 0.591. The molecule has 0 saturated carbocycles. The van der Waals surface area contributed by atoms with E-state index < -0.39 is 0 Å². The zero-order valence-electron chi connectivity index (χ0n) is 17.8. The molecule has 3 nitrogen and oxygen atoms in total. The van der Waals surface area contributed by atoms with E-state index in [4.69, 9.17) is 0 Å². The van der Waals surface area contributed by atoms with E-state index in [0.717, 1.165) is 23.5 Å². The third-order valence-corrected chi connectivity index (χ3v) is 4.04. The fraction of sp³-hybridized carbons (Fsp3) is 0.375. The summed E-state index contributed by atoms with van der Waals surface area (Å²) in [6.07, 6.45) is 6.82. The summed E-state index contributed by atoms with van der Waals surface area (Å²) in [6.45, 7) is 14.5. The molecule has 0 saturated heterocycles. The molecule has 0 unspecified atom stereocenters. The Morgan fingerprint density at radius 1 is 0.667 bits per heavy atom. The average molecular weight is 364 g/mol. The Hall–Kier alpha value is -2.55. The van der Waals surface area contributed by atoms with Gasteiger partial charge in [-0.15, -0.1) is 0 Å². The van der Waals surface area contributed by atoms with E-state index in [1.807, 2.05) is 58.4 Å². The van der Waals surface area contributed by atoms with Crippen molar-refractivity contribution in [2.45, 2.75) is 60.8 Å². The van der Waals surface area contributed by atoms with Gasteiger partial charge in [-0.05, 0) is 74.9 Å². The summed E-state index contributed by atoms with van der Waals surface area (Å²) < 4.78 is 0. The lowest BCUT2D eigenvalue weighted by molar-refractivity contribution is 0.855. The summed E-state index contributed by atoms with van der Waals surface area (Å²) in [5.74, 6) is 0.591. The van der Waals surface area contributed by atoms with Crippen LogP contribution in [-0.4, -0.2) is 15.0 Å². The first-order valence-corrected chi connectivity index (χ1v) is 9.55. The van der Waals surface area contributed by atoms with Gasteiger partial charge in [0.1, 0.15) is 0 Å². The van der Waals surface area contributed by atoms with Crippen LogP contribution in [0.3, 0.4) is 0 Å². The molecule has 0 aliphatic heterocycles. The van der Waals surface area contributed by atoms with Crippen LogP contribution in [0.1, 0.15) is 60.5 Å². The van der Waals surface area contributed by atoms with Gasteiger partial charge in [-0.1, -0.05) is 39.0 Å². The van der Waals surface area contributed by atoms with Gasteiger partial charge in [0.25, 0.3) is 0 Å². The van der Waals surface area contributed by atoms with Crippen LogP contribution in [0.25, 0.3) is 0 Å². The van der Waals surface area contributed by atoms with E-state index in [-0.39, 0.29) is 0 Å². The minimum Gasteiger partial charge on any atom is -0.261 e. The molecule has 0 N–H and O–H groups in total. The molecule has 0 aromatic carbocycles. The van der Waals surface area contributed by atoms with Crippen LogP contribution in [0.4, 0.5) is 0 Å². The summed E-state index contributed by atoms with van der Waals surface area (Å²) >= 11 is 0. The van der Waals surface area contributed by atoms with Crippen LogP contribution in [-0.2, 0) is 6.42 Å². The van der Waals surface area contributed by atoms with Crippen molar-refractivity contribution in [3.63, 3.8) is 0 Å². The Kier molecular flexibility index (Phi) is 9.95. The molecule has 0 fully saturated rings. The largest absolute Gasteiger partial charge is 0.261 e. The lowest BCUT2D eigenvalue weighted by Crippen LogP contribution is -1.88. The first-order valence-electron chi connectivity index (χ1n) is 9.55. The maximum absolute atomic E-state index is 4.20. The van der Waals surface area contributed by atoms with Gasteiger partial charge in [-0.25, -0.2) is 0 Å². The van der Waals surface area contributed by atoms with Crippen LogP contribution in [0.15, 0.2) is 55.0 Å². The first kappa shape index (κ1) is 22.5. The van der Waals surface area contributed by atoms with Crippen LogP contribution >= 0.6 is 0 Å². The molecule has 3 heterocycles. The van der Waals surface area contributed by atoms with E-state index in [0.29, 0.717) is 5.92 Å². The lowest BCUT2D eigenvalue weighted by Gasteiger charge is -2.02. The van der Waals surface area contributed by atoms with Crippen molar-refractivity contribution in [2.75, 3.05) is 0 Å². The van der Waals surface area contributed by atoms with Gasteiger partial charge >= 0.3 is 0 Å². The lowest BCUT2D eigenvalue weighted by atomic mass is 10.1. The van der Waals surface area contributed by atoms with Gasteiger partial charge in [-0.2, -0.15) is 0 Å². The highest BCUT2D eigenvalue weighted by molar-refractivity contribution is 5.16. The number of aromatic nitrogens is 3. The summed E-state index contributed by atoms with van der Waals surface area (Å²) in [5.41, 5.74) is 7.09. The van der Waals surface area contributed by atoms with Crippen molar-refractivity contribution < 1.29 is 0 Å². The van der Waals surface area contributed by atoms with Crippen molar-refractivity contribution in [2.24, 2.45) is 0 Å². The molecular weight excluding hydrogens is 330 g/mol. The van der Waals surface area contributed by atoms with Crippen molar-refractivity contribution >= 4 is 0 Å². The second-order valence-corrected chi connectivity index (χ2v) is 7.03. The zero-order valence-corrected chi connectivity index (χ0v) is 17.8. The second kappa shape index (κ2) is 11.9. The molecule has 0 radical (unpaired) electrons. The monoisotopic (exact) mass is 363 g/mol. The van der Waals surface area contributed by atoms with E-state index in [2.05, 4.69) is 60.0 Å². The van der Waals surface area contributed by atoms with Crippen LogP contribution in [0.5, 0.6) is 0 Å². The molecule has 3 aromatic rings. The molecule has 3 heteroatoms. The summed E-state index contributed by atoms with van der Waals surface area (Å²) in [5, 5.41) is 0. The number of nitrogens with zero attached hydrogens (tertiary/aromatic N) is 3. The molecule has 3 rings (SSSR count). The number of aryl methyl sites for hydroxylation is 5. The quantitative estimate of drug-likeness (QED) is 0.547. The van der Waals surface area contributed by atoms with Crippen LogP contribution in [0.2, 0.25) is 0 Å². The maximum atomic E-state index is 4.20. The molecular formula is C24H33N3. The Labute approximate surface area is 165 Å². The van der Waals surface area contributed by atoms with Gasteiger partial charge in [0, 0.05) is 35.7 Å². The predicted octanol–water partition coefficient (Wildman–Crippen LogP) is 6.16. The standard InChI is InChI=1S/C9H13N.C8H11N.C7H9N/c1-7(2)9-5-4-8(3)10-6-9;1-3-8-5-4-7(2)9-6-8;1-6-3-4-7(2)8-5-6/h4-7H,1-3H3;4-6H,3H2,1-2H3;3-5H,1-2H3. The van der Waals surface area contributed by atoms with Crippen molar-refractivity contribution in [3.05, 3.63) is 88.8 Å². The SMILES string of the molecule is CCc1ccc(C)nc1.Cc1ccc(C(C)C)cn1.Cc1ccc(C)nc1. The third kappa shape index (κ3) is 9.64. The van der Waals surface area contributed by atoms with E-state index in [1.165, 1.54) is 16.7 Å². The topological polar surface area (TPSA) is 38.7 Å². The Bertz CT molecular complexity index is 737. The van der Waals surface area contributed by atoms with Crippen LogP contribution in [0, 0.1) is 27.7 Å². The molecule has 0 aliphatic rings. The second-order valence-electron chi connectivity index (χ2n) is 7.03. The minimum absolute atomic E-state index is 0.591. The maximum Gasteiger partial charge on any atom is 0.0372 e. The molecule has 0 atom stereocenters. The van der Waals surface area contributed by atoms with Gasteiger partial charge in [0.05, 0.1) is 0 Å². The average Bonchev–Trinajstić information content (AvgIpc) is 2.66. The van der Waals surface area contributed by atoms with Gasteiger partial charge in [0.2, 0.25) is 0 Å². The van der Waals surface area contributed by atoms with Crippen molar-refractivity contribution in [1.29, 1.82) is 0 Å². The molecule has 0 bridgehead atoms. The fourth-order valence-corrected chi connectivity index (χ4v) is 2.07. The van der Waals surface area contributed by atoms with E-state index in [1.54, 1.807) is 0 Å². The molecule has 27 heavy (non-hydrogen) atoms. The van der Waals surface area contributed by atoms with Crippen molar-refractivity contribution in [1.82, 2.24) is 15.0 Å². The Balaban J connectivity index is 0.000000204. The summed E-state index contributed by atoms with van der Waals surface area (Å²) in [4.78, 5) is 12.4. The highest BCUT2D eigenvalue weighted by atomic mass is 14.7. The number of pyridine rings is 3. The molecule has 3 aromatic heterocycles. The number of hydrogen-bond donors (Lipinski definition) is 0. The first-order chi connectivity index (χ1) is 12.8. The van der Waals surface area contributed by atoms with Gasteiger partial charge in [-0.3, -0.25) is 15.0 Å². The third-order valence-electron chi connectivity index (χ3n) is 4.04. The van der Waals surface area contributed by atoms with E-state index in [9.17, 15) is 0 Å². The molecule has 0 spiro atoms. The Morgan fingerprint density at radius 3 is 1.52 bits per heavy atom. The number of rotatable bonds is 2. The molecule has 0 amide bonds. The zero-order chi connectivity index (χ0) is 20.2.